The first-order valence-corrected chi connectivity index (χ1v) is 8.26. The maximum absolute atomic E-state index is 12.6. The van der Waals surface area contributed by atoms with E-state index in [1.807, 2.05) is 35.9 Å². The number of nitrogens with zero attached hydrogens (tertiary/aromatic N) is 2. The molecule has 3 rings (SSSR count). The van der Waals surface area contributed by atoms with Crippen molar-refractivity contribution < 1.29 is 4.79 Å². The Balaban J connectivity index is 1.74. The molecular weight excluding hydrogens is 288 g/mol. The highest BCUT2D eigenvalue weighted by Crippen LogP contribution is 2.32. The van der Waals surface area contributed by atoms with Gasteiger partial charge in [0.05, 0.1) is 12.2 Å². The number of hydrogen-bond donors (Lipinski definition) is 2. The molecule has 1 amide bonds. The number of benzene rings is 1. The van der Waals surface area contributed by atoms with E-state index in [9.17, 15) is 4.79 Å². The summed E-state index contributed by atoms with van der Waals surface area (Å²) in [5.74, 6) is 1.17. The van der Waals surface area contributed by atoms with E-state index in [1.165, 1.54) is 0 Å². The lowest BCUT2D eigenvalue weighted by atomic mass is 9.95. The first-order valence-electron chi connectivity index (χ1n) is 8.26. The van der Waals surface area contributed by atoms with E-state index in [-0.39, 0.29) is 11.8 Å². The van der Waals surface area contributed by atoms with Crippen LogP contribution in [-0.4, -0.2) is 22.2 Å². The summed E-state index contributed by atoms with van der Waals surface area (Å²) in [6, 6.07) is 12.1. The number of aryl methyl sites for hydroxylation is 1. The van der Waals surface area contributed by atoms with Crippen LogP contribution in [0.15, 0.2) is 36.4 Å². The number of carbonyl (C=O) groups excluding carboxylic acids is 1. The van der Waals surface area contributed by atoms with Crippen LogP contribution in [0.1, 0.15) is 30.5 Å². The van der Waals surface area contributed by atoms with E-state index in [2.05, 4.69) is 22.5 Å². The summed E-state index contributed by atoms with van der Waals surface area (Å²) in [5.41, 5.74) is 7.85. The van der Waals surface area contributed by atoms with Crippen molar-refractivity contribution in [3.8, 4) is 0 Å². The van der Waals surface area contributed by atoms with Crippen LogP contribution < -0.4 is 11.1 Å². The second-order valence-corrected chi connectivity index (χ2v) is 6.34. The van der Waals surface area contributed by atoms with E-state index in [0.717, 1.165) is 36.3 Å². The first kappa shape index (κ1) is 15.7. The number of nitrogens with one attached hydrogen (secondary N) is 1. The van der Waals surface area contributed by atoms with E-state index < -0.39 is 0 Å². The van der Waals surface area contributed by atoms with Crippen LogP contribution >= 0.6 is 0 Å². The predicted octanol–water partition coefficient (Wildman–Crippen LogP) is 2.55. The lowest BCUT2D eigenvalue weighted by Gasteiger charge is -2.17. The highest BCUT2D eigenvalue weighted by atomic mass is 16.2. The number of hydrogen-bond acceptors (Lipinski definition) is 3. The lowest BCUT2D eigenvalue weighted by molar-refractivity contribution is -0.120. The Hall–Kier alpha value is -2.14. The molecule has 3 N–H and O–H groups in total. The van der Waals surface area contributed by atoms with Gasteiger partial charge in [-0.05, 0) is 37.8 Å². The molecule has 1 heterocycles. The molecule has 2 aromatic rings. The molecular formula is C18H24N4O. The van der Waals surface area contributed by atoms with E-state index in [0.29, 0.717) is 19.0 Å². The third-order valence-electron chi connectivity index (χ3n) is 4.63. The summed E-state index contributed by atoms with van der Waals surface area (Å²) in [6.07, 6.45) is 3.07. The monoisotopic (exact) mass is 312 g/mol. The van der Waals surface area contributed by atoms with Crippen molar-refractivity contribution in [3.63, 3.8) is 0 Å². The molecule has 1 aliphatic carbocycles. The zero-order valence-electron chi connectivity index (χ0n) is 13.5. The molecule has 1 aliphatic rings. The minimum atomic E-state index is 0.0281. The van der Waals surface area contributed by atoms with E-state index in [1.54, 1.807) is 0 Å². The molecule has 0 unspecified atom stereocenters. The second kappa shape index (κ2) is 6.96. The molecule has 1 saturated carbocycles. The zero-order valence-corrected chi connectivity index (χ0v) is 13.5. The van der Waals surface area contributed by atoms with Gasteiger partial charge in [0, 0.05) is 12.0 Å². The maximum Gasteiger partial charge on any atom is 0.228 e. The molecule has 1 aromatic carbocycles. The number of nitrogens with two attached hydrogens (primary N) is 1. The summed E-state index contributed by atoms with van der Waals surface area (Å²) in [5, 5.41) is 7.57. The number of rotatable bonds is 5. The van der Waals surface area contributed by atoms with Crippen molar-refractivity contribution in [2.75, 3.05) is 11.9 Å². The van der Waals surface area contributed by atoms with Gasteiger partial charge >= 0.3 is 0 Å². The number of amides is 1. The largest absolute Gasteiger partial charge is 0.330 e. The van der Waals surface area contributed by atoms with Gasteiger partial charge in [0.2, 0.25) is 5.91 Å². The molecule has 0 spiro atoms. The van der Waals surface area contributed by atoms with Crippen LogP contribution in [0.25, 0.3) is 0 Å². The van der Waals surface area contributed by atoms with Gasteiger partial charge < -0.3 is 11.1 Å². The van der Waals surface area contributed by atoms with Crippen molar-refractivity contribution in [1.82, 2.24) is 9.78 Å². The Morgan fingerprint density at radius 2 is 2.13 bits per heavy atom. The maximum atomic E-state index is 12.6. The summed E-state index contributed by atoms with van der Waals surface area (Å²) < 4.78 is 1.86. The van der Waals surface area contributed by atoms with Gasteiger partial charge in [0.25, 0.3) is 0 Å². The summed E-state index contributed by atoms with van der Waals surface area (Å²) in [4.78, 5) is 12.6. The first-order chi connectivity index (χ1) is 11.2. The molecule has 0 aliphatic heterocycles. The Bertz CT molecular complexity index is 665. The Morgan fingerprint density at radius 1 is 1.35 bits per heavy atom. The van der Waals surface area contributed by atoms with Gasteiger partial charge in [-0.1, -0.05) is 36.8 Å². The van der Waals surface area contributed by atoms with E-state index >= 15 is 0 Å². The van der Waals surface area contributed by atoms with Crippen LogP contribution in [0, 0.1) is 18.8 Å². The summed E-state index contributed by atoms with van der Waals surface area (Å²) in [6.45, 7) is 3.17. The smallest absolute Gasteiger partial charge is 0.228 e. The molecule has 0 bridgehead atoms. The van der Waals surface area contributed by atoms with Gasteiger partial charge in [-0.25, -0.2) is 4.68 Å². The fourth-order valence-corrected chi connectivity index (χ4v) is 3.41. The number of anilines is 1. The highest BCUT2D eigenvalue weighted by molar-refractivity contribution is 5.92. The standard InChI is InChI=1S/C18H24N4O/c1-13-10-17(20-18(23)16-9-5-8-15(16)11-19)22(21-13)12-14-6-3-2-4-7-14/h2-4,6-7,10,15-16H,5,8-9,11-12,19H2,1H3,(H,20,23)/t15-,16-/m1/s1. The summed E-state index contributed by atoms with van der Waals surface area (Å²) >= 11 is 0. The average Bonchev–Trinajstić information content (AvgIpc) is 3.15. The van der Waals surface area contributed by atoms with Crippen LogP contribution in [0.3, 0.4) is 0 Å². The van der Waals surface area contributed by atoms with E-state index in [4.69, 9.17) is 5.73 Å². The second-order valence-electron chi connectivity index (χ2n) is 6.34. The van der Waals surface area contributed by atoms with Crippen molar-refractivity contribution in [2.45, 2.75) is 32.7 Å². The minimum absolute atomic E-state index is 0.0281. The van der Waals surface area contributed by atoms with Crippen LogP contribution in [-0.2, 0) is 11.3 Å². The lowest BCUT2D eigenvalue weighted by Crippen LogP contribution is -2.30. The molecule has 1 fully saturated rings. The van der Waals surface area contributed by atoms with Crippen LogP contribution in [0.5, 0.6) is 0 Å². The van der Waals surface area contributed by atoms with Crippen molar-refractivity contribution in [1.29, 1.82) is 0 Å². The fourth-order valence-electron chi connectivity index (χ4n) is 3.41. The fraction of sp³-hybridized carbons (Fsp3) is 0.444. The van der Waals surface area contributed by atoms with Gasteiger partial charge in [0.15, 0.2) is 0 Å². The molecule has 122 valence electrons. The molecule has 5 heteroatoms. The molecule has 5 nitrogen and oxygen atoms in total. The zero-order chi connectivity index (χ0) is 16.2. The SMILES string of the molecule is Cc1cc(NC(=O)[C@@H]2CCC[C@@H]2CN)n(Cc2ccccc2)n1. The normalized spacial score (nSPS) is 20.6. The molecule has 2 atom stereocenters. The molecule has 23 heavy (non-hydrogen) atoms. The number of aromatic nitrogens is 2. The Labute approximate surface area is 136 Å². The summed E-state index contributed by atoms with van der Waals surface area (Å²) in [7, 11) is 0. The van der Waals surface area contributed by atoms with Crippen molar-refractivity contribution in [2.24, 2.45) is 17.6 Å². The van der Waals surface area contributed by atoms with Gasteiger partial charge in [-0.3, -0.25) is 4.79 Å². The van der Waals surface area contributed by atoms with Crippen LogP contribution in [0.4, 0.5) is 5.82 Å². The van der Waals surface area contributed by atoms with Crippen molar-refractivity contribution in [3.05, 3.63) is 47.7 Å². The third-order valence-corrected chi connectivity index (χ3v) is 4.63. The Morgan fingerprint density at radius 3 is 2.87 bits per heavy atom. The van der Waals surface area contributed by atoms with Crippen molar-refractivity contribution >= 4 is 11.7 Å². The Kier molecular flexibility index (Phi) is 4.76. The molecule has 1 aromatic heterocycles. The van der Waals surface area contributed by atoms with Gasteiger partial charge in [0.1, 0.15) is 5.82 Å². The third kappa shape index (κ3) is 3.62. The van der Waals surface area contributed by atoms with Gasteiger partial charge in [-0.2, -0.15) is 5.10 Å². The quantitative estimate of drug-likeness (QED) is 0.891. The molecule has 0 radical (unpaired) electrons. The molecule has 0 saturated heterocycles. The highest BCUT2D eigenvalue weighted by Gasteiger charge is 2.32. The number of carbonyl (C=O) groups is 1. The topological polar surface area (TPSA) is 72.9 Å². The average molecular weight is 312 g/mol. The van der Waals surface area contributed by atoms with Crippen LogP contribution in [0.2, 0.25) is 0 Å². The minimum Gasteiger partial charge on any atom is -0.330 e. The van der Waals surface area contributed by atoms with Gasteiger partial charge in [-0.15, -0.1) is 0 Å². The predicted molar refractivity (Wildman–Crippen MR) is 91.0 cm³/mol.